The Bertz CT molecular complexity index is 821. The number of amides is 1. The van der Waals surface area contributed by atoms with Crippen LogP contribution >= 0.6 is 11.3 Å². The summed E-state index contributed by atoms with van der Waals surface area (Å²) < 4.78 is 10.3. The zero-order valence-corrected chi connectivity index (χ0v) is 15.2. The van der Waals surface area contributed by atoms with E-state index < -0.39 is 0 Å². The summed E-state index contributed by atoms with van der Waals surface area (Å²) in [5, 5.41) is 6.04. The third kappa shape index (κ3) is 3.86. The first-order valence-corrected chi connectivity index (χ1v) is 9.58. The van der Waals surface area contributed by atoms with Crippen LogP contribution in [0.3, 0.4) is 0 Å². The lowest BCUT2D eigenvalue weighted by Gasteiger charge is -2.34. The van der Waals surface area contributed by atoms with Crippen molar-refractivity contribution in [2.24, 2.45) is 0 Å². The van der Waals surface area contributed by atoms with Gasteiger partial charge in [-0.05, 0) is 30.5 Å². The highest BCUT2D eigenvalue weighted by Gasteiger charge is 2.22. The second-order valence-electron chi connectivity index (χ2n) is 6.24. The number of thiophene rings is 1. The first kappa shape index (κ1) is 17.0. The predicted octanol–water partition coefficient (Wildman–Crippen LogP) is 2.78. The number of hydrogen-bond donors (Lipinski definition) is 0. The molecule has 4 heterocycles. The zero-order chi connectivity index (χ0) is 17.8. The highest BCUT2D eigenvalue weighted by molar-refractivity contribution is 7.13. The standard InChI is InChI=1S/C18H20N4O3S/c23-18(14-5-11-24-13-14)22-9-7-21(8-10-22)6-1-4-16-19-17(20-25-16)15-3-2-12-26-15/h2-3,5,11-13H,1,4,6-10H2. The maximum Gasteiger partial charge on any atom is 0.257 e. The average Bonchev–Trinajstić information content (AvgIpc) is 3.43. The number of hydrogen-bond acceptors (Lipinski definition) is 7. The fourth-order valence-electron chi connectivity index (χ4n) is 3.06. The maximum absolute atomic E-state index is 12.3. The Morgan fingerprint density at radius 2 is 2.12 bits per heavy atom. The van der Waals surface area contributed by atoms with Gasteiger partial charge in [-0.3, -0.25) is 9.69 Å². The van der Waals surface area contributed by atoms with E-state index in [1.165, 1.54) is 12.5 Å². The lowest BCUT2D eigenvalue weighted by atomic mass is 10.2. The Balaban J connectivity index is 1.20. The van der Waals surface area contributed by atoms with Crippen molar-refractivity contribution in [3.8, 4) is 10.7 Å². The van der Waals surface area contributed by atoms with Gasteiger partial charge in [-0.2, -0.15) is 4.98 Å². The van der Waals surface area contributed by atoms with E-state index in [0.29, 0.717) is 17.3 Å². The summed E-state index contributed by atoms with van der Waals surface area (Å²) in [5.74, 6) is 1.40. The van der Waals surface area contributed by atoms with Crippen molar-refractivity contribution in [1.29, 1.82) is 0 Å². The molecule has 26 heavy (non-hydrogen) atoms. The molecule has 3 aromatic rings. The first-order valence-electron chi connectivity index (χ1n) is 8.70. The molecular formula is C18H20N4O3S. The van der Waals surface area contributed by atoms with Crippen LogP contribution in [-0.4, -0.2) is 58.6 Å². The van der Waals surface area contributed by atoms with Crippen LogP contribution in [0.2, 0.25) is 0 Å². The van der Waals surface area contributed by atoms with Gasteiger partial charge in [-0.1, -0.05) is 11.2 Å². The molecule has 0 bridgehead atoms. The lowest BCUT2D eigenvalue weighted by Crippen LogP contribution is -2.48. The number of aryl methyl sites for hydroxylation is 1. The molecule has 136 valence electrons. The number of carbonyl (C=O) groups is 1. The van der Waals surface area contributed by atoms with Crippen LogP contribution in [0.5, 0.6) is 0 Å². The minimum Gasteiger partial charge on any atom is -0.472 e. The van der Waals surface area contributed by atoms with Crippen molar-refractivity contribution in [2.45, 2.75) is 12.8 Å². The summed E-state index contributed by atoms with van der Waals surface area (Å²) >= 11 is 1.61. The number of rotatable bonds is 6. The second-order valence-corrected chi connectivity index (χ2v) is 7.19. The third-order valence-electron chi connectivity index (χ3n) is 4.50. The van der Waals surface area contributed by atoms with Crippen LogP contribution in [0.25, 0.3) is 10.7 Å². The average molecular weight is 372 g/mol. The van der Waals surface area contributed by atoms with Gasteiger partial charge in [0.05, 0.1) is 16.7 Å². The molecule has 0 saturated carbocycles. The van der Waals surface area contributed by atoms with Crippen LogP contribution in [-0.2, 0) is 6.42 Å². The van der Waals surface area contributed by atoms with E-state index >= 15 is 0 Å². The smallest absolute Gasteiger partial charge is 0.257 e. The minimum absolute atomic E-state index is 0.0466. The van der Waals surface area contributed by atoms with Gasteiger partial charge in [0.2, 0.25) is 11.7 Å². The number of nitrogens with zero attached hydrogens (tertiary/aromatic N) is 4. The van der Waals surface area contributed by atoms with E-state index in [1.54, 1.807) is 17.4 Å². The van der Waals surface area contributed by atoms with Gasteiger partial charge in [0.15, 0.2) is 0 Å². The van der Waals surface area contributed by atoms with Gasteiger partial charge >= 0.3 is 0 Å². The van der Waals surface area contributed by atoms with E-state index in [4.69, 9.17) is 8.94 Å². The molecule has 1 fully saturated rings. The molecule has 0 unspecified atom stereocenters. The molecule has 1 amide bonds. The molecule has 1 saturated heterocycles. The maximum atomic E-state index is 12.3. The van der Waals surface area contributed by atoms with Gasteiger partial charge in [-0.15, -0.1) is 11.3 Å². The Labute approximate surface area is 155 Å². The van der Waals surface area contributed by atoms with Crippen molar-refractivity contribution in [1.82, 2.24) is 19.9 Å². The van der Waals surface area contributed by atoms with E-state index in [1.807, 2.05) is 22.4 Å². The van der Waals surface area contributed by atoms with E-state index in [9.17, 15) is 4.79 Å². The van der Waals surface area contributed by atoms with Crippen molar-refractivity contribution in [3.05, 3.63) is 47.6 Å². The Kier molecular flexibility index (Phi) is 5.12. The fourth-order valence-corrected chi connectivity index (χ4v) is 3.71. The summed E-state index contributed by atoms with van der Waals surface area (Å²) in [7, 11) is 0. The number of carbonyl (C=O) groups excluding carboxylic acids is 1. The van der Waals surface area contributed by atoms with Crippen molar-refractivity contribution >= 4 is 17.2 Å². The zero-order valence-electron chi connectivity index (χ0n) is 14.3. The normalized spacial score (nSPS) is 15.5. The Morgan fingerprint density at radius 3 is 2.85 bits per heavy atom. The van der Waals surface area contributed by atoms with Gasteiger partial charge in [-0.25, -0.2) is 0 Å². The molecule has 0 N–H and O–H groups in total. The molecule has 0 aromatic carbocycles. The van der Waals surface area contributed by atoms with Crippen LogP contribution in [0, 0.1) is 0 Å². The van der Waals surface area contributed by atoms with Crippen LogP contribution in [0.4, 0.5) is 0 Å². The Morgan fingerprint density at radius 1 is 1.23 bits per heavy atom. The topological polar surface area (TPSA) is 75.6 Å². The quantitative estimate of drug-likeness (QED) is 0.662. The highest BCUT2D eigenvalue weighted by atomic mass is 32.1. The van der Waals surface area contributed by atoms with Crippen LogP contribution in [0.15, 0.2) is 45.0 Å². The third-order valence-corrected chi connectivity index (χ3v) is 5.37. The summed E-state index contributed by atoms with van der Waals surface area (Å²) in [4.78, 5) is 22.0. The second kappa shape index (κ2) is 7.84. The minimum atomic E-state index is 0.0466. The molecule has 3 aromatic heterocycles. The highest BCUT2D eigenvalue weighted by Crippen LogP contribution is 2.21. The van der Waals surface area contributed by atoms with Crippen LogP contribution < -0.4 is 0 Å². The van der Waals surface area contributed by atoms with Crippen molar-refractivity contribution in [2.75, 3.05) is 32.7 Å². The summed E-state index contributed by atoms with van der Waals surface area (Å²) in [6, 6.07) is 5.68. The molecule has 0 atom stereocenters. The number of piperazine rings is 1. The van der Waals surface area contributed by atoms with Crippen molar-refractivity contribution in [3.63, 3.8) is 0 Å². The molecule has 8 heteroatoms. The van der Waals surface area contributed by atoms with E-state index in [0.717, 1.165) is 50.4 Å². The predicted molar refractivity (Wildman–Crippen MR) is 97.0 cm³/mol. The van der Waals surface area contributed by atoms with Gasteiger partial charge < -0.3 is 13.8 Å². The molecule has 0 aliphatic carbocycles. The van der Waals surface area contributed by atoms with Crippen LogP contribution in [0.1, 0.15) is 22.7 Å². The SMILES string of the molecule is O=C(c1ccoc1)N1CCN(CCCc2nc(-c3cccs3)no2)CC1. The van der Waals surface area contributed by atoms with E-state index in [2.05, 4.69) is 15.0 Å². The van der Waals surface area contributed by atoms with Crippen molar-refractivity contribution < 1.29 is 13.7 Å². The van der Waals surface area contributed by atoms with Gasteiger partial charge in [0, 0.05) is 32.6 Å². The van der Waals surface area contributed by atoms with E-state index in [-0.39, 0.29) is 5.91 Å². The molecule has 1 aliphatic heterocycles. The van der Waals surface area contributed by atoms with Gasteiger partial charge in [0.25, 0.3) is 5.91 Å². The fraction of sp³-hybridized carbons (Fsp3) is 0.389. The summed E-state index contributed by atoms with van der Waals surface area (Å²) in [6.07, 6.45) is 4.77. The molecular weight excluding hydrogens is 352 g/mol. The van der Waals surface area contributed by atoms with Gasteiger partial charge in [0.1, 0.15) is 6.26 Å². The molecule has 1 aliphatic rings. The monoisotopic (exact) mass is 372 g/mol. The first-order chi connectivity index (χ1) is 12.8. The lowest BCUT2D eigenvalue weighted by molar-refractivity contribution is 0.0635. The largest absolute Gasteiger partial charge is 0.472 e. The number of furan rings is 1. The summed E-state index contributed by atoms with van der Waals surface area (Å²) in [6.45, 7) is 4.21. The molecule has 4 rings (SSSR count). The number of aromatic nitrogens is 2. The molecule has 0 radical (unpaired) electrons. The summed E-state index contributed by atoms with van der Waals surface area (Å²) in [5.41, 5.74) is 0.622. The Hall–Kier alpha value is -2.45. The molecule has 7 nitrogen and oxygen atoms in total. The molecule has 0 spiro atoms.